The van der Waals surface area contributed by atoms with Gasteiger partial charge < -0.3 is 4.90 Å². The number of likely N-dealkylation sites (tertiary alicyclic amines) is 1. The molecule has 0 atom stereocenters. The molecule has 2 nitrogen and oxygen atoms in total. The molecule has 1 amide bonds. The normalized spacial score (nSPS) is 16.5. The van der Waals surface area contributed by atoms with Gasteiger partial charge in [-0.05, 0) is 31.9 Å². The number of carbonyl (C=O) groups is 1. The van der Waals surface area contributed by atoms with Crippen LogP contribution in [0.15, 0.2) is 12.1 Å². The lowest BCUT2D eigenvalue weighted by atomic mass is 10.4. The molecule has 0 saturated carbocycles. The fourth-order valence-electron chi connectivity index (χ4n) is 1.63. The Bertz CT molecular complexity index is 312. The highest BCUT2D eigenvalue weighted by atomic mass is 32.1. The standard InChI is InChI=1S/C10H13NOS/c1-8-4-5-9(13-8)10(12)11-6-2-3-7-11/h4-5H,2-3,6-7H2,1H3. The minimum absolute atomic E-state index is 0.218. The van der Waals surface area contributed by atoms with Crippen LogP contribution in [-0.2, 0) is 0 Å². The zero-order chi connectivity index (χ0) is 9.26. The summed E-state index contributed by atoms with van der Waals surface area (Å²) in [5, 5.41) is 0. The lowest BCUT2D eigenvalue weighted by Crippen LogP contribution is -2.26. The fourth-order valence-corrected chi connectivity index (χ4v) is 2.46. The molecular weight excluding hydrogens is 182 g/mol. The van der Waals surface area contributed by atoms with Gasteiger partial charge in [-0.25, -0.2) is 0 Å². The summed E-state index contributed by atoms with van der Waals surface area (Å²) >= 11 is 1.59. The molecule has 0 unspecified atom stereocenters. The number of hydrogen-bond donors (Lipinski definition) is 0. The van der Waals surface area contributed by atoms with E-state index in [9.17, 15) is 4.79 Å². The summed E-state index contributed by atoms with van der Waals surface area (Å²) in [4.78, 5) is 15.8. The number of nitrogens with zero attached hydrogens (tertiary/aromatic N) is 1. The topological polar surface area (TPSA) is 20.3 Å². The van der Waals surface area contributed by atoms with Gasteiger partial charge in [-0.1, -0.05) is 0 Å². The van der Waals surface area contributed by atoms with E-state index in [1.807, 2.05) is 24.0 Å². The summed E-state index contributed by atoms with van der Waals surface area (Å²) < 4.78 is 0. The van der Waals surface area contributed by atoms with Gasteiger partial charge in [0.1, 0.15) is 0 Å². The highest BCUT2D eigenvalue weighted by Gasteiger charge is 2.20. The van der Waals surface area contributed by atoms with Crippen molar-refractivity contribution in [2.75, 3.05) is 13.1 Å². The van der Waals surface area contributed by atoms with Crippen molar-refractivity contribution in [1.29, 1.82) is 0 Å². The maximum absolute atomic E-state index is 11.8. The van der Waals surface area contributed by atoms with Crippen LogP contribution in [0.25, 0.3) is 0 Å². The van der Waals surface area contributed by atoms with E-state index in [-0.39, 0.29) is 5.91 Å². The van der Waals surface area contributed by atoms with E-state index in [1.54, 1.807) is 11.3 Å². The molecule has 0 spiro atoms. The van der Waals surface area contributed by atoms with Crippen LogP contribution in [0, 0.1) is 6.92 Å². The highest BCUT2D eigenvalue weighted by molar-refractivity contribution is 7.13. The molecule has 1 saturated heterocycles. The van der Waals surface area contributed by atoms with Crippen LogP contribution in [0.2, 0.25) is 0 Å². The van der Waals surface area contributed by atoms with Crippen molar-refractivity contribution in [1.82, 2.24) is 4.90 Å². The van der Waals surface area contributed by atoms with E-state index in [1.165, 1.54) is 4.88 Å². The van der Waals surface area contributed by atoms with Gasteiger partial charge in [0.25, 0.3) is 5.91 Å². The molecule has 0 N–H and O–H groups in total. The van der Waals surface area contributed by atoms with Gasteiger partial charge in [-0.2, -0.15) is 0 Å². The first-order chi connectivity index (χ1) is 6.27. The van der Waals surface area contributed by atoms with Crippen LogP contribution in [0.3, 0.4) is 0 Å². The largest absolute Gasteiger partial charge is 0.338 e. The van der Waals surface area contributed by atoms with E-state index in [2.05, 4.69) is 0 Å². The molecule has 70 valence electrons. The molecule has 1 aromatic heterocycles. The number of hydrogen-bond acceptors (Lipinski definition) is 2. The van der Waals surface area contributed by atoms with Gasteiger partial charge in [0.15, 0.2) is 0 Å². The SMILES string of the molecule is Cc1ccc(C(=O)N2CCCC2)s1. The van der Waals surface area contributed by atoms with Crippen molar-refractivity contribution in [3.8, 4) is 0 Å². The van der Waals surface area contributed by atoms with E-state index in [0.29, 0.717) is 0 Å². The number of amides is 1. The molecule has 1 fully saturated rings. The van der Waals surface area contributed by atoms with E-state index < -0.39 is 0 Å². The molecule has 2 heterocycles. The van der Waals surface area contributed by atoms with Gasteiger partial charge in [0.2, 0.25) is 0 Å². The summed E-state index contributed by atoms with van der Waals surface area (Å²) in [5.41, 5.74) is 0. The zero-order valence-electron chi connectivity index (χ0n) is 7.75. The molecule has 1 aliphatic rings. The third-order valence-electron chi connectivity index (χ3n) is 2.34. The summed E-state index contributed by atoms with van der Waals surface area (Å²) in [5.74, 6) is 0.218. The Labute approximate surface area is 82.2 Å². The van der Waals surface area contributed by atoms with Crippen LogP contribution in [0.4, 0.5) is 0 Å². The molecule has 1 aromatic rings. The molecule has 0 aliphatic carbocycles. The molecule has 3 heteroatoms. The van der Waals surface area contributed by atoms with Crippen LogP contribution < -0.4 is 0 Å². The highest BCUT2D eigenvalue weighted by Crippen LogP contribution is 2.19. The van der Waals surface area contributed by atoms with Crippen LogP contribution in [-0.4, -0.2) is 23.9 Å². The summed E-state index contributed by atoms with van der Waals surface area (Å²) in [6.45, 7) is 3.91. The van der Waals surface area contributed by atoms with E-state index in [0.717, 1.165) is 30.8 Å². The Morgan fingerprint density at radius 1 is 1.38 bits per heavy atom. The van der Waals surface area contributed by atoms with Crippen molar-refractivity contribution >= 4 is 17.2 Å². The second-order valence-corrected chi connectivity index (χ2v) is 4.70. The average molecular weight is 195 g/mol. The first-order valence-corrected chi connectivity index (χ1v) is 5.45. The second-order valence-electron chi connectivity index (χ2n) is 3.41. The quantitative estimate of drug-likeness (QED) is 0.673. The maximum atomic E-state index is 11.8. The third kappa shape index (κ3) is 1.75. The van der Waals surface area contributed by atoms with Gasteiger partial charge in [-0.3, -0.25) is 4.79 Å². The van der Waals surface area contributed by atoms with Crippen LogP contribution in [0.5, 0.6) is 0 Å². The number of thiophene rings is 1. The summed E-state index contributed by atoms with van der Waals surface area (Å²) in [6, 6.07) is 3.94. The zero-order valence-corrected chi connectivity index (χ0v) is 8.56. The van der Waals surface area contributed by atoms with Crippen molar-refractivity contribution in [3.63, 3.8) is 0 Å². The Morgan fingerprint density at radius 3 is 2.62 bits per heavy atom. The van der Waals surface area contributed by atoms with Crippen molar-refractivity contribution in [2.45, 2.75) is 19.8 Å². The Hall–Kier alpha value is -0.830. The van der Waals surface area contributed by atoms with E-state index >= 15 is 0 Å². The van der Waals surface area contributed by atoms with Crippen molar-refractivity contribution < 1.29 is 4.79 Å². The summed E-state index contributed by atoms with van der Waals surface area (Å²) in [6.07, 6.45) is 2.33. The Morgan fingerprint density at radius 2 is 2.08 bits per heavy atom. The second kappa shape index (κ2) is 3.50. The third-order valence-corrected chi connectivity index (χ3v) is 3.33. The average Bonchev–Trinajstić information content (AvgIpc) is 2.72. The minimum atomic E-state index is 0.218. The lowest BCUT2D eigenvalue weighted by Gasteiger charge is -2.13. The van der Waals surface area contributed by atoms with Crippen molar-refractivity contribution in [2.24, 2.45) is 0 Å². The molecule has 0 aromatic carbocycles. The van der Waals surface area contributed by atoms with Gasteiger partial charge >= 0.3 is 0 Å². The number of aryl methyl sites for hydroxylation is 1. The smallest absolute Gasteiger partial charge is 0.263 e. The lowest BCUT2D eigenvalue weighted by molar-refractivity contribution is 0.0797. The predicted molar refractivity (Wildman–Crippen MR) is 54.2 cm³/mol. The molecule has 0 radical (unpaired) electrons. The maximum Gasteiger partial charge on any atom is 0.263 e. The monoisotopic (exact) mass is 195 g/mol. The first-order valence-electron chi connectivity index (χ1n) is 4.63. The molecular formula is C10H13NOS. The van der Waals surface area contributed by atoms with Crippen LogP contribution in [0.1, 0.15) is 27.4 Å². The number of carbonyl (C=O) groups excluding carboxylic acids is 1. The van der Waals surface area contributed by atoms with Gasteiger partial charge in [0.05, 0.1) is 4.88 Å². The van der Waals surface area contributed by atoms with Gasteiger partial charge in [0, 0.05) is 18.0 Å². The first kappa shape index (κ1) is 8.75. The van der Waals surface area contributed by atoms with Crippen LogP contribution >= 0.6 is 11.3 Å². The Balaban J connectivity index is 2.12. The van der Waals surface area contributed by atoms with Gasteiger partial charge in [-0.15, -0.1) is 11.3 Å². The fraction of sp³-hybridized carbons (Fsp3) is 0.500. The summed E-state index contributed by atoms with van der Waals surface area (Å²) in [7, 11) is 0. The molecule has 0 bridgehead atoms. The van der Waals surface area contributed by atoms with Crippen molar-refractivity contribution in [3.05, 3.63) is 21.9 Å². The van der Waals surface area contributed by atoms with E-state index in [4.69, 9.17) is 0 Å². The molecule has 2 rings (SSSR count). The minimum Gasteiger partial charge on any atom is -0.338 e. The molecule has 1 aliphatic heterocycles. The molecule has 13 heavy (non-hydrogen) atoms. The predicted octanol–water partition coefficient (Wildman–Crippen LogP) is 2.29. The number of rotatable bonds is 1. The Kier molecular flexibility index (Phi) is 2.36.